The monoisotopic (exact) mass is 183 g/mol. The second kappa shape index (κ2) is 2.55. The van der Waals surface area contributed by atoms with Gasteiger partial charge in [0.2, 0.25) is 0 Å². The maximum atomic E-state index is 10.5. The maximum Gasteiger partial charge on any atom is 0.352 e. The zero-order valence-corrected chi connectivity index (χ0v) is 7.44. The van der Waals surface area contributed by atoms with E-state index in [4.69, 9.17) is 5.11 Å². The lowest BCUT2D eigenvalue weighted by atomic mass is 10.3. The lowest BCUT2D eigenvalue weighted by Gasteiger charge is -1.96. The van der Waals surface area contributed by atoms with Crippen LogP contribution in [0.5, 0.6) is 0 Å². The average Bonchev–Trinajstić information content (AvgIpc) is 2.42. The Morgan fingerprint density at radius 3 is 3.17 bits per heavy atom. The predicted molar refractivity (Wildman–Crippen MR) is 46.8 cm³/mol. The summed E-state index contributed by atoms with van der Waals surface area (Å²) in [7, 11) is 0. The summed E-state index contributed by atoms with van der Waals surface area (Å²) in [4.78, 5) is 14.5. The molecule has 1 atom stereocenters. The minimum Gasteiger partial charge on any atom is -0.477 e. The molecule has 0 aliphatic carbocycles. The van der Waals surface area contributed by atoms with Crippen molar-refractivity contribution in [2.24, 2.45) is 0 Å². The number of aromatic carboxylic acids is 1. The van der Waals surface area contributed by atoms with Crippen molar-refractivity contribution in [3.63, 3.8) is 0 Å². The van der Waals surface area contributed by atoms with Gasteiger partial charge in [0, 0.05) is 22.3 Å². The molecule has 0 fully saturated rings. The van der Waals surface area contributed by atoms with Crippen molar-refractivity contribution >= 4 is 17.7 Å². The molecule has 2 N–H and O–H groups in total. The Balaban J connectivity index is 2.34. The molecule has 1 aromatic heterocycles. The lowest BCUT2D eigenvalue weighted by Crippen LogP contribution is -1.99. The number of carbonyl (C=O) groups is 1. The van der Waals surface area contributed by atoms with E-state index in [1.54, 1.807) is 17.8 Å². The van der Waals surface area contributed by atoms with E-state index in [0.29, 0.717) is 10.9 Å². The summed E-state index contributed by atoms with van der Waals surface area (Å²) in [5, 5.41) is 9.25. The summed E-state index contributed by atoms with van der Waals surface area (Å²) >= 11 is 1.73. The first-order valence-electron chi connectivity index (χ1n) is 3.78. The molecule has 2 heterocycles. The third-order valence-electron chi connectivity index (χ3n) is 1.91. The third kappa shape index (κ3) is 1.12. The van der Waals surface area contributed by atoms with Crippen LogP contribution in [0.4, 0.5) is 0 Å². The van der Waals surface area contributed by atoms with Crippen LogP contribution in [0, 0.1) is 0 Å². The van der Waals surface area contributed by atoms with Gasteiger partial charge in [0.1, 0.15) is 5.69 Å². The van der Waals surface area contributed by atoms with Crippen molar-refractivity contribution in [2.75, 3.05) is 0 Å². The van der Waals surface area contributed by atoms with E-state index in [1.807, 2.05) is 0 Å². The Kier molecular flexibility index (Phi) is 1.65. The van der Waals surface area contributed by atoms with Gasteiger partial charge in [-0.15, -0.1) is 11.8 Å². The van der Waals surface area contributed by atoms with Crippen LogP contribution in [-0.4, -0.2) is 21.3 Å². The highest BCUT2D eigenvalue weighted by atomic mass is 32.2. The molecule has 1 aliphatic heterocycles. The molecule has 3 nitrogen and oxygen atoms in total. The molecule has 0 saturated heterocycles. The quantitative estimate of drug-likeness (QED) is 0.697. The van der Waals surface area contributed by atoms with Gasteiger partial charge in [-0.2, -0.15) is 0 Å². The number of thioether (sulfide) groups is 1. The van der Waals surface area contributed by atoms with Gasteiger partial charge in [0.15, 0.2) is 0 Å². The normalized spacial score (nSPS) is 20.9. The van der Waals surface area contributed by atoms with Crippen molar-refractivity contribution in [2.45, 2.75) is 23.5 Å². The number of nitrogens with one attached hydrogen (secondary N) is 1. The fourth-order valence-electron chi connectivity index (χ4n) is 1.40. The molecule has 2 rings (SSSR count). The number of rotatable bonds is 1. The summed E-state index contributed by atoms with van der Waals surface area (Å²) in [6.45, 7) is 2.14. The molecular weight excluding hydrogens is 174 g/mol. The minimum absolute atomic E-state index is 0.305. The van der Waals surface area contributed by atoms with Gasteiger partial charge in [0.25, 0.3) is 0 Å². The molecule has 0 amide bonds. The lowest BCUT2D eigenvalue weighted by molar-refractivity contribution is 0.0691. The van der Waals surface area contributed by atoms with E-state index < -0.39 is 5.97 Å². The van der Waals surface area contributed by atoms with Crippen molar-refractivity contribution in [1.82, 2.24) is 4.98 Å². The number of hydrogen-bond donors (Lipinski definition) is 2. The van der Waals surface area contributed by atoms with Crippen LogP contribution in [0.1, 0.15) is 23.1 Å². The molecule has 0 saturated carbocycles. The molecule has 1 aliphatic rings. The highest BCUT2D eigenvalue weighted by Crippen LogP contribution is 2.36. The molecule has 0 aromatic carbocycles. The van der Waals surface area contributed by atoms with Crippen LogP contribution in [0.2, 0.25) is 0 Å². The van der Waals surface area contributed by atoms with Gasteiger partial charge < -0.3 is 10.1 Å². The fraction of sp³-hybridized carbons (Fsp3) is 0.375. The van der Waals surface area contributed by atoms with Crippen molar-refractivity contribution in [1.29, 1.82) is 0 Å². The number of aromatic amines is 1. The second-order valence-corrected chi connectivity index (χ2v) is 4.44. The maximum absolute atomic E-state index is 10.5. The fourth-order valence-corrected chi connectivity index (χ4v) is 2.54. The molecule has 0 spiro atoms. The van der Waals surface area contributed by atoms with Gasteiger partial charge in [-0.3, -0.25) is 0 Å². The Morgan fingerprint density at radius 1 is 1.83 bits per heavy atom. The highest BCUT2D eigenvalue weighted by Gasteiger charge is 2.22. The smallest absolute Gasteiger partial charge is 0.352 e. The number of fused-ring (bicyclic) bond motifs is 1. The molecule has 12 heavy (non-hydrogen) atoms. The molecular formula is C8H9NO2S. The molecule has 0 unspecified atom stereocenters. The molecule has 4 heteroatoms. The summed E-state index contributed by atoms with van der Waals surface area (Å²) in [5.74, 6) is -0.877. The highest BCUT2D eigenvalue weighted by molar-refractivity contribution is 8.00. The Bertz CT molecular complexity index is 308. The number of carboxylic acid groups (broad SMARTS) is 1. The van der Waals surface area contributed by atoms with Crippen LogP contribution >= 0.6 is 11.8 Å². The molecule has 0 radical (unpaired) electrons. The van der Waals surface area contributed by atoms with Crippen molar-refractivity contribution in [3.05, 3.63) is 17.5 Å². The Labute approximate surface area is 74.2 Å². The van der Waals surface area contributed by atoms with Crippen LogP contribution in [0.15, 0.2) is 11.0 Å². The molecule has 0 bridgehead atoms. The number of aromatic nitrogens is 1. The van der Waals surface area contributed by atoms with Crippen LogP contribution < -0.4 is 0 Å². The summed E-state index contributed by atoms with van der Waals surface area (Å²) in [5.41, 5.74) is 1.38. The van der Waals surface area contributed by atoms with E-state index in [1.165, 1.54) is 0 Å². The van der Waals surface area contributed by atoms with Gasteiger partial charge in [-0.1, -0.05) is 6.92 Å². The van der Waals surface area contributed by atoms with Crippen molar-refractivity contribution in [3.8, 4) is 0 Å². The van der Waals surface area contributed by atoms with E-state index in [0.717, 1.165) is 17.0 Å². The number of carboxylic acids is 1. The van der Waals surface area contributed by atoms with Crippen LogP contribution in [-0.2, 0) is 6.42 Å². The van der Waals surface area contributed by atoms with E-state index in [-0.39, 0.29) is 0 Å². The standard InChI is InChI=1S/C8H9NO2S/c1-4-2-5-7(12-4)3-6(9-5)8(10)11/h3-4,9H,2H2,1H3,(H,10,11)/t4-/m0/s1. The Hall–Kier alpha value is -0.900. The first-order valence-corrected chi connectivity index (χ1v) is 4.66. The third-order valence-corrected chi connectivity index (χ3v) is 3.10. The van der Waals surface area contributed by atoms with Crippen LogP contribution in [0.3, 0.4) is 0 Å². The molecule has 1 aromatic rings. The van der Waals surface area contributed by atoms with Gasteiger partial charge in [-0.25, -0.2) is 4.79 Å². The van der Waals surface area contributed by atoms with Gasteiger partial charge >= 0.3 is 5.97 Å². The largest absolute Gasteiger partial charge is 0.477 e. The zero-order chi connectivity index (χ0) is 8.72. The van der Waals surface area contributed by atoms with E-state index in [9.17, 15) is 4.79 Å². The second-order valence-electron chi connectivity index (χ2n) is 2.96. The SMILES string of the molecule is C[C@H]1Cc2[nH]c(C(=O)O)cc2S1. The van der Waals surface area contributed by atoms with Crippen molar-refractivity contribution < 1.29 is 9.90 Å². The molecule has 64 valence electrons. The van der Waals surface area contributed by atoms with Gasteiger partial charge in [0.05, 0.1) is 0 Å². The number of hydrogen-bond acceptors (Lipinski definition) is 2. The van der Waals surface area contributed by atoms with E-state index >= 15 is 0 Å². The summed E-state index contributed by atoms with van der Waals surface area (Å²) < 4.78 is 0. The summed E-state index contributed by atoms with van der Waals surface area (Å²) in [6.07, 6.45) is 0.952. The average molecular weight is 183 g/mol. The number of H-pyrrole nitrogens is 1. The first kappa shape index (κ1) is 7.73. The van der Waals surface area contributed by atoms with Gasteiger partial charge in [-0.05, 0) is 6.07 Å². The predicted octanol–water partition coefficient (Wildman–Crippen LogP) is 1.75. The van der Waals surface area contributed by atoms with E-state index in [2.05, 4.69) is 11.9 Å². The van der Waals surface area contributed by atoms with Crippen LogP contribution in [0.25, 0.3) is 0 Å². The minimum atomic E-state index is -0.877. The topological polar surface area (TPSA) is 53.1 Å². The summed E-state index contributed by atoms with van der Waals surface area (Å²) in [6, 6.07) is 1.71. The first-order chi connectivity index (χ1) is 5.66. The Morgan fingerprint density at radius 2 is 2.58 bits per heavy atom. The zero-order valence-electron chi connectivity index (χ0n) is 6.63.